The van der Waals surface area contributed by atoms with Gasteiger partial charge in [0.1, 0.15) is 0 Å². The first kappa shape index (κ1) is 15.7. The summed E-state index contributed by atoms with van der Waals surface area (Å²) in [5, 5.41) is 3.32. The molecule has 2 fully saturated rings. The molecular weight excluding hydrogens is 254 g/mol. The molecule has 0 aromatic rings. The fourth-order valence-electron chi connectivity index (χ4n) is 3.32. The van der Waals surface area contributed by atoms with E-state index < -0.39 is 0 Å². The standard InChI is InChI=1S/C15H29N3O2/c1-3-5-13-12-18(9-8-17(13)10-11-20-2)15(19)14-6-4-7-16-14/h13-14,16H,3-12H2,1-2H3. The van der Waals surface area contributed by atoms with E-state index in [4.69, 9.17) is 4.74 Å². The van der Waals surface area contributed by atoms with Crippen LogP contribution in [0.2, 0.25) is 0 Å². The van der Waals surface area contributed by atoms with Crippen molar-refractivity contribution >= 4 is 5.91 Å². The zero-order valence-corrected chi connectivity index (χ0v) is 12.9. The van der Waals surface area contributed by atoms with Crippen LogP contribution in [0.5, 0.6) is 0 Å². The van der Waals surface area contributed by atoms with Gasteiger partial charge in [0.2, 0.25) is 5.91 Å². The van der Waals surface area contributed by atoms with Crippen molar-refractivity contribution in [1.82, 2.24) is 15.1 Å². The minimum absolute atomic E-state index is 0.0720. The SMILES string of the molecule is CCCC1CN(C(=O)C2CCCN2)CCN1CCOC. The molecule has 1 amide bonds. The maximum Gasteiger partial charge on any atom is 0.239 e. The molecule has 2 aliphatic rings. The summed E-state index contributed by atoms with van der Waals surface area (Å²) in [5.41, 5.74) is 0. The first-order chi connectivity index (χ1) is 9.76. The Kier molecular flexibility index (Phi) is 6.26. The monoisotopic (exact) mass is 283 g/mol. The number of nitrogens with zero attached hydrogens (tertiary/aromatic N) is 2. The Bertz CT molecular complexity index is 305. The molecule has 5 heteroatoms. The van der Waals surface area contributed by atoms with Crippen molar-refractivity contribution in [2.75, 3.05) is 46.4 Å². The number of carbonyl (C=O) groups excluding carboxylic acids is 1. The fraction of sp³-hybridized carbons (Fsp3) is 0.933. The van der Waals surface area contributed by atoms with E-state index in [0.717, 1.165) is 65.0 Å². The summed E-state index contributed by atoms with van der Waals surface area (Å²) in [7, 11) is 1.75. The summed E-state index contributed by atoms with van der Waals surface area (Å²) in [5.74, 6) is 0.315. The van der Waals surface area contributed by atoms with Gasteiger partial charge in [-0.1, -0.05) is 13.3 Å². The molecular formula is C15H29N3O2. The summed E-state index contributed by atoms with van der Waals surface area (Å²) < 4.78 is 5.19. The third-order valence-corrected chi connectivity index (χ3v) is 4.48. The lowest BCUT2D eigenvalue weighted by Gasteiger charge is -2.42. The third kappa shape index (κ3) is 3.93. The molecule has 116 valence electrons. The average Bonchev–Trinajstić information content (AvgIpc) is 2.99. The maximum atomic E-state index is 12.5. The molecule has 2 heterocycles. The molecule has 0 aromatic heterocycles. The van der Waals surface area contributed by atoms with E-state index in [1.54, 1.807) is 7.11 Å². The summed E-state index contributed by atoms with van der Waals surface area (Å²) in [6, 6.07) is 0.567. The summed E-state index contributed by atoms with van der Waals surface area (Å²) in [6.07, 6.45) is 4.45. The minimum atomic E-state index is 0.0720. The number of hydrogen-bond donors (Lipinski definition) is 1. The fourth-order valence-corrected chi connectivity index (χ4v) is 3.32. The van der Waals surface area contributed by atoms with Crippen LogP contribution < -0.4 is 5.32 Å². The molecule has 2 aliphatic heterocycles. The van der Waals surface area contributed by atoms with Crippen LogP contribution in [0.15, 0.2) is 0 Å². The molecule has 0 spiro atoms. The Morgan fingerprint density at radius 1 is 1.40 bits per heavy atom. The van der Waals surface area contributed by atoms with Crippen LogP contribution >= 0.6 is 0 Å². The van der Waals surface area contributed by atoms with Crippen LogP contribution in [-0.2, 0) is 9.53 Å². The molecule has 0 saturated carbocycles. The Hall–Kier alpha value is -0.650. The van der Waals surface area contributed by atoms with Gasteiger partial charge in [-0.3, -0.25) is 9.69 Å². The second-order valence-electron chi connectivity index (χ2n) is 5.90. The molecule has 2 atom stereocenters. The highest BCUT2D eigenvalue weighted by Gasteiger charge is 2.32. The van der Waals surface area contributed by atoms with E-state index >= 15 is 0 Å². The Morgan fingerprint density at radius 3 is 2.90 bits per heavy atom. The topological polar surface area (TPSA) is 44.8 Å². The molecule has 2 unspecified atom stereocenters. The van der Waals surface area contributed by atoms with Crippen LogP contribution in [0.4, 0.5) is 0 Å². The normalized spacial score (nSPS) is 28.0. The molecule has 0 radical (unpaired) electrons. The maximum absolute atomic E-state index is 12.5. The predicted octanol–water partition coefficient (Wildman–Crippen LogP) is 0.698. The highest BCUT2D eigenvalue weighted by atomic mass is 16.5. The van der Waals surface area contributed by atoms with Crippen molar-refractivity contribution in [3.05, 3.63) is 0 Å². The minimum Gasteiger partial charge on any atom is -0.383 e. The predicted molar refractivity (Wildman–Crippen MR) is 79.7 cm³/mol. The van der Waals surface area contributed by atoms with Crippen LogP contribution in [0.25, 0.3) is 0 Å². The Balaban J connectivity index is 1.89. The van der Waals surface area contributed by atoms with Gasteiger partial charge in [-0.05, 0) is 25.8 Å². The number of carbonyl (C=O) groups is 1. The zero-order valence-electron chi connectivity index (χ0n) is 12.9. The van der Waals surface area contributed by atoms with Crippen molar-refractivity contribution in [3.8, 4) is 0 Å². The first-order valence-electron chi connectivity index (χ1n) is 8.01. The molecule has 1 N–H and O–H groups in total. The molecule has 0 aromatic carbocycles. The molecule has 0 aliphatic carbocycles. The summed E-state index contributed by atoms with van der Waals surface area (Å²) >= 11 is 0. The highest BCUT2D eigenvalue weighted by molar-refractivity contribution is 5.82. The van der Waals surface area contributed by atoms with Gasteiger partial charge in [-0.25, -0.2) is 0 Å². The molecule has 20 heavy (non-hydrogen) atoms. The third-order valence-electron chi connectivity index (χ3n) is 4.48. The number of ether oxygens (including phenoxy) is 1. The second kappa shape index (κ2) is 7.96. The lowest BCUT2D eigenvalue weighted by Crippen LogP contribution is -2.57. The largest absolute Gasteiger partial charge is 0.383 e. The Labute approximate surface area is 122 Å². The van der Waals surface area contributed by atoms with Crippen molar-refractivity contribution in [2.24, 2.45) is 0 Å². The van der Waals surface area contributed by atoms with Crippen molar-refractivity contribution in [2.45, 2.75) is 44.7 Å². The van der Waals surface area contributed by atoms with Crippen molar-refractivity contribution in [1.29, 1.82) is 0 Å². The second-order valence-corrected chi connectivity index (χ2v) is 5.90. The number of methoxy groups -OCH3 is 1. The number of hydrogen-bond acceptors (Lipinski definition) is 4. The molecule has 2 saturated heterocycles. The van der Waals surface area contributed by atoms with Gasteiger partial charge in [0.15, 0.2) is 0 Å². The summed E-state index contributed by atoms with van der Waals surface area (Å²) in [4.78, 5) is 17.1. The number of amides is 1. The van der Waals surface area contributed by atoms with Gasteiger partial charge < -0.3 is 15.0 Å². The Morgan fingerprint density at radius 2 is 2.25 bits per heavy atom. The van der Waals surface area contributed by atoms with Gasteiger partial charge >= 0.3 is 0 Å². The van der Waals surface area contributed by atoms with Crippen molar-refractivity contribution < 1.29 is 9.53 Å². The molecule has 2 rings (SSSR count). The quantitative estimate of drug-likeness (QED) is 0.779. The van der Waals surface area contributed by atoms with Crippen molar-refractivity contribution in [3.63, 3.8) is 0 Å². The van der Waals surface area contributed by atoms with E-state index in [1.807, 2.05) is 0 Å². The van der Waals surface area contributed by atoms with Gasteiger partial charge in [-0.15, -0.1) is 0 Å². The van der Waals surface area contributed by atoms with Gasteiger partial charge in [0.25, 0.3) is 0 Å². The van der Waals surface area contributed by atoms with E-state index in [1.165, 1.54) is 0 Å². The zero-order chi connectivity index (χ0) is 14.4. The average molecular weight is 283 g/mol. The highest BCUT2D eigenvalue weighted by Crippen LogP contribution is 2.17. The molecule has 0 bridgehead atoms. The number of piperazine rings is 1. The van der Waals surface area contributed by atoms with E-state index in [9.17, 15) is 4.79 Å². The number of rotatable bonds is 6. The van der Waals surface area contributed by atoms with E-state index in [0.29, 0.717) is 11.9 Å². The van der Waals surface area contributed by atoms with Gasteiger partial charge in [-0.2, -0.15) is 0 Å². The van der Waals surface area contributed by atoms with Crippen LogP contribution in [0.3, 0.4) is 0 Å². The molecule has 5 nitrogen and oxygen atoms in total. The van der Waals surface area contributed by atoms with Crippen LogP contribution in [-0.4, -0.2) is 74.2 Å². The van der Waals surface area contributed by atoms with Crippen LogP contribution in [0.1, 0.15) is 32.6 Å². The van der Waals surface area contributed by atoms with Crippen LogP contribution in [0, 0.1) is 0 Å². The summed E-state index contributed by atoms with van der Waals surface area (Å²) in [6.45, 7) is 7.68. The lowest BCUT2D eigenvalue weighted by molar-refractivity contribution is -0.136. The lowest BCUT2D eigenvalue weighted by atomic mass is 10.1. The number of nitrogens with one attached hydrogen (secondary N) is 1. The van der Waals surface area contributed by atoms with E-state index in [2.05, 4.69) is 22.0 Å². The van der Waals surface area contributed by atoms with E-state index in [-0.39, 0.29) is 6.04 Å². The van der Waals surface area contributed by atoms with Gasteiger partial charge in [0, 0.05) is 39.3 Å². The smallest absolute Gasteiger partial charge is 0.239 e. The van der Waals surface area contributed by atoms with Gasteiger partial charge in [0.05, 0.1) is 12.6 Å². The first-order valence-corrected chi connectivity index (χ1v) is 8.01.